The summed E-state index contributed by atoms with van der Waals surface area (Å²) in [7, 11) is 0. The molecule has 0 amide bonds. The minimum absolute atomic E-state index is 0.258. The van der Waals surface area contributed by atoms with E-state index < -0.39 is 0 Å². The second-order valence-electron chi connectivity index (χ2n) is 6.41. The molecule has 0 bridgehead atoms. The Balaban J connectivity index is 1.77. The second-order valence-corrected chi connectivity index (χ2v) is 6.41. The smallest absolute Gasteiger partial charge is 0.131 e. The van der Waals surface area contributed by atoms with Gasteiger partial charge in [0.05, 0.1) is 0 Å². The molecule has 0 aromatic heterocycles. The molecular formula is C22H18F2. The lowest BCUT2D eigenvalue weighted by molar-refractivity contribution is 0.625. The maximum absolute atomic E-state index is 14.6. The van der Waals surface area contributed by atoms with Crippen LogP contribution in [-0.4, -0.2) is 0 Å². The van der Waals surface area contributed by atoms with E-state index in [2.05, 4.69) is 25.1 Å². The summed E-state index contributed by atoms with van der Waals surface area (Å²) >= 11 is 0. The fourth-order valence-electron chi connectivity index (χ4n) is 3.57. The zero-order chi connectivity index (χ0) is 16.7. The van der Waals surface area contributed by atoms with Crippen LogP contribution >= 0.6 is 0 Å². The Kier molecular flexibility index (Phi) is 3.68. The number of benzene rings is 3. The summed E-state index contributed by atoms with van der Waals surface area (Å²) in [4.78, 5) is 0. The number of halogens is 2. The van der Waals surface area contributed by atoms with Gasteiger partial charge in [0, 0.05) is 5.56 Å². The zero-order valence-corrected chi connectivity index (χ0v) is 13.6. The Morgan fingerprint density at radius 3 is 2.29 bits per heavy atom. The standard InChI is InChI=1S/C22H18F2/c1-2-3-14-4-9-19-16(10-14)11-17-12-21(22(24)13-20(17)19)15-5-7-18(23)8-6-15/h4-10,12-13H,2-3,11H2,1H3. The summed E-state index contributed by atoms with van der Waals surface area (Å²) in [6, 6.07) is 16.0. The molecule has 0 aliphatic heterocycles. The van der Waals surface area contributed by atoms with Crippen molar-refractivity contribution in [2.24, 2.45) is 0 Å². The molecule has 0 N–H and O–H groups in total. The molecule has 3 aromatic rings. The Morgan fingerprint density at radius 2 is 1.54 bits per heavy atom. The molecule has 4 rings (SSSR count). The van der Waals surface area contributed by atoms with Crippen molar-refractivity contribution in [3.8, 4) is 22.3 Å². The first-order valence-corrected chi connectivity index (χ1v) is 8.36. The van der Waals surface area contributed by atoms with Gasteiger partial charge in [-0.1, -0.05) is 43.7 Å². The molecule has 0 unspecified atom stereocenters. The van der Waals surface area contributed by atoms with Crippen LogP contribution in [0.2, 0.25) is 0 Å². The van der Waals surface area contributed by atoms with Gasteiger partial charge in [-0.15, -0.1) is 0 Å². The number of aryl methyl sites for hydroxylation is 1. The van der Waals surface area contributed by atoms with Gasteiger partial charge in [0.1, 0.15) is 11.6 Å². The molecule has 0 nitrogen and oxygen atoms in total. The van der Waals surface area contributed by atoms with E-state index in [1.165, 1.54) is 23.3 Å². The molecule has 0 saturated carbocycles. The lowest BCUT2D eigenvalue weighted by Gasteiger charge is -2.08. The molecule has 3 aromatic carbocycles. The van der Waals surface area contributed by atoms with Crippen LogP contribution in [0.5, 0.6) is 0 Å². The summed E-state index contributed by atoms with van der Waals surface area (Å²) in [6.07, 6.45) is 3.02. The average molecular weight is 320 g/mol. The third-order valence-electron chi connectivity index (χ3n) is 4.73. The van der Waals surface area contributed by atoms with Crippen molar-refractivity contribution in [3.05, 3.63) is 82.9 Å². The van der Waals surface area contributed by atoms with Crippen LogP contribution in [-0.2, 0) is 12.8 Å². The second kappa shape index (κ2) is 5.86. The van der Waals surface area contributed by atoms with Crippen molar-refractivity contribution >= 4 is 0 Å². The highest BCUT2D eigenvalue weighted by atomic mass is 19.1. The van der Waals surface area contributed by atoms with Crippen LogP contribution in [0.1, 0.15) is 30.0 Å². The van der Waals surface area contributed by atoms with Gasteiger partial charge in [0.15, 0.2) is 0 Å². The SMILES string of the molecule is CCCc1ccc2c(c1)Cc1cc(-c3ccc(F)cc3)c(F)cc1-2. The van der Waals surface area contributed by atoms with E-state index in [9.17, 15) is 8.78 Å². The monoisotopic (exact) mass is 320 g/mol. The highest BCUT2D eigenvalue weighted by Crippen LogP contribution is 2.40. The Hall–Kier alpha value is -2.48. The van der Waals surface area contributed by atoms with Gasteiger partial charge in [-0.3, -0.25) is 0 Å². The van der Waals surface area contributed by atoms with Crippen molar-refractivity contribution in [2.45, 2.75) is 26.2 Å². The molecule has 0 heterocycles. The number of hydrogen-bond acceptors (Lipinski definition) is 0. The maximum atomic E-state index is 14.6. The van der Waals surface area contributed by atoms with E-state index in [4.69, 9.17) is 0 Å². The molecule has 0 radical (unpaired) electrons. The van der Waals surface area contributed by atoms with Gasteiger partial charge in [-0.05, 0) is 70.5 Å². The lowest BCUT2D eigenvalue weighted by atomic mass is 9.98. The third kappa shape index (κ3) is 2.52. The predicted octanol–water partition coefficient (Wildman–Crippen LogP) is 6.16. The van der Waals surface area contributed by atoms with Gasteiger partial charge >= 0.3 is 0 Å². The molecule has 1 aliphatic carbocycles. The van der Waals surface area contributed by atoms with E-state index in [1.54, 1.807) is 18.2 Å². The van der Waals surface area contributed by atoms with Crippen molar-refractivity contribution in [2.75, 3.05) is 0 Å². The van der Waals surface area contributed by atoms with Gasteiger partial charge in [0.25, 0.3) is 0 Å². The fraction of sp³-hybridized carbons (Fsp3) is 0.182. The van der Waals surface area contributed by atoms with E-state index in [0.29, 0.717) is 11.1 Å². The zero-order valence-electron chi connectivity index (χ0n) is 13.6. The van der Waals surface area contributed by atoms with Crippen LogP contribution in [0.15, 0.2) is 54.6 Å². The topological polar surface area (TPSA) is 0 Å². The molecule has 0 spiro atoms. The predicted molar refractivity (Wildman–Crippen MR) is 94.0 cm³/mol. The number of hydrogen-bond donors (Lipinski definition) is 0. The molecular weight excluding hydrogens is 302 g/mol. The maximum Gasteiger partial charge on any atom is 0.131 e. The minimum Gasteiger partial charge on any atom is -0.207 e. The van der Waals surface area contributed by atoms with Crippen LogP contribution in [0.4, 0.5) is 8.78 Å². The summed E-state index contributed by atoms with van der Waals surface area (Å²) < 4.78 is 27.7. The van der Waals surface area contributed by atoms with Gasteiger partial charge in [-0.25, -0.2) is 8.78 Å². The fourth-order valence-corrected chi connectivity index (χ4v) is 3.57. The van der Waals surface area contributed by atoms with Crippen molar-refractivity contribution in [3.63, 3.8) is 0 Å². The molecule has 24 heavy (non-hydrogen) atoms. The molecule has 0 saturated heterocycles. The lowest BCUT2D eigenvalue weighted by Crippen LogP contribution is -1.89. The Bertz CT molecular complexity index is 908. The first-order valence-electron chi connectivity index (χ1n) is 8.36. The Labute approximate surface area is 140 Å². The molecule has 2 heteroatoms. The van der Waals surface area contributed by atoms with Gasteiger partial charge in [0.2, 0.25) is 0 Å². The summed E-state index contributed by atoms with van der Waals surface area (Å²) in [5, 5.41) is 0. The van der Waals surface area contributed by atoms with Crippen molar-refractivity contribution < 1.29 is 8.78 Å². The minimum atomic E-state index is -0.309. The van der Waals surface area contributed by atoms with Crippen molar-refractivity contribution in [1.82, 2.24) is 0 Å². The highest BCUT2D eigenvalue weighted by molar-refractivity contribution is 5.80. The summed E-state index contributed by atoms with van der Waals surface area (Å²) in [6.45, 7) is 2.17. The third-order valence-corrected chi connectivity index (χ3v) is 4.73. The summed E-state index contributed by atoms with van der Waals surface area (Å²) in [5.41, 5.74) is 7.11. The molecule has 120 valence electrons. The molecule has 0 atom stereocenters. The largest absolute Gasteiger partial charge is 0.207 e. The highest BCUT2D eigenvalue weighted by Gasteiger charge is 2.21. The van der Waals surface area contributed by atoms with E-state index >= 15 is 0 Å². The van der Waals surface area contributed by atoms with E-state index in [0.717, 1.165) is 36.0 Å². The number of rotatable bonds is 3. The van der Waals surface area contributed by atoms with Crippen molar-refractivity contribution in [1.29, 1.82) is 0 Å². The first kappa shape index (κ1) is 15.1. The van der Waals surface area contributed by atoms with Crippen LogP contribution in [0.3, 0.4) is 0 Å². The van der Waals surface area contributed by atoms with E-state index in [1.807, 2.05) is 6.07 Å². The van der Waals surface area contributed by atoms with Crippen LogP contribution in [0.25, 0.3) is 22.3 Å². The Morgan fingerprint density at radius 1 is 0.792 bits per heavy atom. The van der Waals surface area contributed by atoms with Crippen LogP contribution < -0.4 is 0 Å². The van der Waals surface area contributed by atoms with Gasteiger partial charge < -0.3 is 0 Å². The molecule has 0 fully saturated rings. The van der Waals surface area contributed by atoms with Gasteiger partial charge in [-0.2, -0.15) is 0 Å². The normalized spacial score (nSPS) is 12.1. The average Bonchev–Trinajstić information content (AvgIpc) is 2.92. The summed E-state index contributed by atoms with van der Waals surface area (Å²) in [5.74, 6) is -0.568. The van der Waals surface area contributed by atoms with Crippen LogP contribution in [0, 0.1) is 11.6 Å². The quantitative estimate of drug-likeness (QED) is 0.424. The first-order chi connectivity index (χ1) is 11.7. The van der Waals surface area contributed by atoms with E-state index in [-0.39, 0.29) is 11.6 Å². The molecule has 1 aliphatic rings. The number of fused-ring (bicyclic) bond motifs is 3.